The minimum Gasteiger partial charge on any atom is -0.355 e. The number of rotatable bonds is 3. The average Bonchev–Trinajstić information content (AvgIpc) is 3.15. The lowest BCUT2D eigenvalue weighted by molar-refractivity contribution is 1.18. The van der Waals surface area contributed by atoms with Gasteiger partial charge in [0.1, 0.15) is 0 Å². The molecule has 0 saturated carbocycles. The van der Waals surface area contributed by atoms with Crippen LogP contribution < -0.4 is 5.32 Å². The van der Waals surface area contributed by atoms with Crippen LogP contribution in [0, 0.1) is 0 Å². The molecule has 0 atom stereocenters. The lowest BCUT2D eigenvalue weighted by Crippen LogP contribution is -1.93. The quantitative estimate of drug-likeness (QED) is 0.331. The van der Waals surface area contributed by atoms with E-state index in [0.717, 1.165) is 11.4 Å². The van der Waals surface area contributed by atoms with Gasteiger partial charge in [-0.1, -0.05) is 72.8 Å². The van der Waals surface area contributed by atoms with Gasteiger partial charge in [-0.25, -0.2) is 0 Å². The molecule has 2 nitrogen and oxygen atoms in total. The van der Waals surface area contributed by atoms with Gasteiger partial charge in [-0.3, -0.25) is 0 Å². The van der Waals surface area contributed by atoms with Gasteiger partial charge in [-0.05, 0) is 47.9 Å². The van der Waals surface area contributed by atoms with Crippen LogP contribution in [0.3, 0.4) is 0 Å². The number of fused-ring (bicyclic) bond motifs is 5. The predicted molar refractivity (Wildman–Crippen MR) is 128 cm³/mol. The molecule has 0 radical (unpaired) electrons. The number of benzene rings is 5. The Morgan fingerprint density at radius 3 is 2.00 bits per heavy atom. The molecule has 1 N–H and O–H groups in total. The first kappa shape index (κ1) is 16.9. The first-order valence-corrected chi connectivity index (χ1v) is 10.2. The molecule has 5 aromatic carbocycles. The first-order chi connectivity index (χ1) is 14.9. The van der Waals surface area contributed by atoms with E-state index in [9.17, 15) is 0 Å². The molecule has 0 bridgehead atoms. The van der Waals surface area contributed by atoms with Gasteiger partial charge in [0.15, 0.2) is 0 Å². The summed E-state index contributed by atoms with van der Waals surface area (Å²) in [5, 5.41) is 8.65. The minimum absolute atomic E-state index is 1.09. The molecule has 0 aliphatic carbocycles. The fourth-order valence-electron chi connectivity index (χ4n) is 4.47. The largest absolute Gasteiger partial charge is 0.355 e. The van der Waals surface area contributed by atoms with Gasteiger partial charge in [0.05, 0.1) is 11.0 Å². The molecule has 0 amide bonds. The molecule has 0 spiro atoms. The fourth-order valence-corrected chi connectivity index (χ4v) is 4.47. The zero-order valence-electron chi connectivity index (χ0n) is 16.4. The van der Waals surface area contributed by atoms with Crippen LogP contribution in [-0.2, 0) is 0 Å². The van der Waals surface area contributed by atoms with E-state index in [-0.39, 0.29) is 0 Å². The Bertz CT molecular complexity index is 1500. The molecule has 142 valence electrons. The molecule has 6 aromatic rings. The standard InChI is InChI=1S/C28H20N2/c1-3-10-20(11-4-1)29-25-16-9-15-23-22(25)18-19-27-28(23)24-14-7-8-17-26(24)30(27)21-12-5-2-6-13-21/h1-19,29H. The summed E-state index contributed by atoms with van der Waals surface area (Å²) in [6.45, 7) is 0. The number of nitrogens with one attached hydrogen (secondary N) is 1. The number of para-hydroxylation sites is 3. The van der Waals surface area contributed by atoms with Crippen molar-refractivity contribution >= 4 is 44.0 Å². The fraction of sp³-hybridized carbons (Fsp3) is 0. The van der Waals surface area contributed by atoms with Gasteiger partial charge in [-0.15, -0.1) is 0 Å². The van der Waals surface area contributed by atoms with Gasteiger partial charge in [0.25, 0.3) is 0 Å². The van der Waals surface area contributed by atoms with Gasteiger partial charge in [-0.2, -0.15) is 0 Å². The zero-order chi connectivity index (χ0) is 19.9. The lowest BCUT2D eigenvalue weighted by Gasteiger charge is -2.12. The molecule has 0 unspecified atom stereocenters. The van der Waals surface area contributed by atoms with E-state index in [1.807, 2.05) is 6.07 Å². The molecule has 1 heterocycles. The average molecular weight is 384 g/mol. The van der Waals surface area contributed by atoms with E-state index < -0.39 is 0 Å². The highest BCUT2D eigenvalue weighted by molar-refractivity contribution is 6.23. The highest BCUT2D eigenvalue weighted by Crippen LogP contribution is 2.39. The summed E-state index contributed by atoms with van der Waals surface area (Å²) in [5.74, 6) is 0. The maximum absolute atomic E-state index is 3.59. The lowest BCUT2D eigenvalue weighted by atomic mass is 10.0. The third kappa shape index (κ3) is 2.58. The highest BCUT2D eigenvalue weighted by atomic mass is 15.0. The zero-order valence-corrected chi connectivity index (χ0v) is 16.4. The molecule has 0 fully saturated rings. The number of aromatic nitrogens is 1. The Hall–Kier alpha value is -4.04. The minimum atomic E-state index is 1.09. The Morgan fingerprint density at radius 2 is 1.17 bits per heavy atom. The van der Waals surface area contributed by atoms with E-state index >= 15 is 0 Å². The van der Waals surface area contributed by atoms with Crippen molar-refractivity contribution in [1.82, 2.24) is 4.57 Å². The van der Waals surface area contributed by atoms with Crippen LogP contribution in [0.25, 0.3) is 38.3 Å². The molecular weight excluding hydrogens is 364 g/mol. The second-order valence-electron chi connectivity index (χ2n) is 7.54. The second kappa shape index (κ2) is 6.78. The maximum Gasteiger partial charge on any atom is 0.0547 e. The topological polar surface area (TPSA) is 17.0 Å². The summed E-state index contributed by atoms with van der Waals surface area (Å²) in [6, 6.07) is 40.6. The molecule has 0 aliphatic rings. The molecule has 30 heavy (non-hydrogen) atoms. The van der Waals surface area contributed by atoms with Crippen molar-refractivity contribution in [2.75, 3.05) is 5.32 Å². The Kier molecular flexibility index (Phi) is 3.82. The predicted octanol–water partition coefficient (Wildman–Crippen LogP) is 7.68. The molecule has 1 aromatic heterocycles. The van der Waals surface area contributed by atoms with Crippen LogP contribution in [0.5, 0.6) is 0 Å². The SMILES string of the molecule is c1ccc(Nc2cccc3c2ccc2c3c3ccccc3n2-c2ccccc2)cc1. The van der Waals surface area contributed by atoms with Crippen molar-refractivity contribution in [3.8, 4) is 5.69 Å². The van der Waals surface area contributed by atoms with E-state index in [4.69, 9.17) is 0 Å². The maximum atomic E-state index is 3.59. The number of nitrogens with zero attached hydrogens (tertiary/aromatic N) is 1. The van der Waals surface area contributed by atoms with Gasteiger partial charge in [0, 0.05) is 33.2 Å². The van der Waals surface area contributed by atoms with Gasteiger partial charge in [0.2, 0.25) is 0 Å². The molecule has 2 heteroatoms. The second-order valence-corrected chi connectivity index (χ2v) is 7.54. The van der Waals surface area contributed by atoms with Crippen LogP contribution >= 0.6 is 0 Å². The third-order valence-electron chi connectivity index (χ3n) is 5.76. The van der Waals surface area contributed by atoms with Crippen LogP contribution in [0.15, 0.2) is 115 Å². The Labute approximate surface area is 175 Å². The van der Waals surface area contributed by atoms with Crippen molar-refractivity contribution in [2.24, 2.45) is 0 Å². The molecular formula is C28H20N2. The van der Waals surface area contributed by atoms with Gasteiger partial charge >= 0.3 is 0 Å². The Balaban J connectivity index is 1.68. The molecule has 0 saturated heterocycles. The number of anilines is 2. The smallest absolute Gasteiger partial charge is 0.0547 e. The summed E-state index contributed by atoms with van der Waals surface area (Å²) in [5.41, 5.74) is 5.86. The van der Waals surface area contributed by atoms with Crippen LogP contribution in [-0.4, -0.2) is 4.57 Å². The van der Waals surface area contributed by atoms with Crippen molar-refractivity contribution in [1.29, 1.82) is 0 Å². The van der Waals surface area contributed by atoms with Crippen LogP contribution in [0.2, 0.25) is 0 Å². The van der Waals surface area contributed by atoms with E-state index in [0.29, 0.717) is 0 Å². The van der Waals surface area contributed by atoms with Crippen molar-refractivity contribution in [3.63, 3.8) is 0 Å². The van der Waals surface area contributed by atoms with Crippen molar-refractivity contribution < 1.29 is 0 Å². The normalized spacial score (nSPS) is 11.3. The highest BCUT2D eigenvalue weighted by Gasteiger charge is 2.15. The molecule has 0 aliphatic heterocycles. The van der Waals surface area contributed by atoms with Crippen LogP contribution in [0.4, 0.5) is 11.4 Å². The summed E-state index contributed by atoms with van der Waals surface area (Å²) < 4.78 is 2.36. The van der Waals surface area contributed by atoms with Crippen molar-refractivity contribution in [2.45, 2.75) is 0 Å². The summed E-state index contributed by atoms with van der Waals surface area (Å²) in [6.07, 6.45) is 0. The number of hydrogen-bond acceptors (Lipinski definition) is 1. The number of hydrogen-bond donors (Lipinski definition) is 1. The molecule has 6 rings (SSSR count). The summed E-state index contributed by atoms with van der Waals surface area (Å²) in [4.78, 5) is 0. The van der Waals surface area contributed by atoms with E-state index in [1.165, 1.54) is 38.3 Å². The third-order valence-corrected chi connectivity index (χ3v) is 5.76. The van der Waals surface area contributed by atoms with E-state index in [2.05, 4.69) is 119 Å². The first-order valence-electron chi connectivity index (χ1n) is 10.2. The van der Waals surface area contributed by atoms with Gasteiger partial charge < -0.3 is 9.88 Å². The monoisotopic (exact) mass is 384 g/mol. The summed E-state index contributed by atoms with van der Waals surface area (Å²) >= 11 is 0. The van der Waals surface area contributed by atoms with E-state index in [1.54, 1.807) is 0 Å². The Morgan fingerprint density at radius 1 is 0.467 bits per heavy atom. The summed E-state index contributed by atoms with van der Waals surface area (Å²) in [7, 11) is 0. The van der Waals surface area contributed by atoms with Crippen LogP contribution in [0.1, 0.15) is 0 Å². The van der Waals surface area contributed by atoms with Crippen molar-refractivity contribution in [3.05, 3.63) is 115 Å².